The molecule has 0 aliphatic carbocycles. The Morgan fingerprint density at radius 1 is 1.70 bits per heavy atom. The minimum atomic E-state index is -4.06. The molecule has 1 amide bonds. The highest BCUT2D eigenvalue weighted by molar-refractivity contribution is 8.12. The van der Waals surface area contributed by atoms with E-state index in [4.69, 9.17) is 15.8 Å². The summed E-state index contributed by atoms with van der Waals surface area (Å²) in [5.41, 5.74) is 0. The highest BCUT2D eigenvalue weighted by atomic mass is 35.7. The molecule has 0 spiro atoms. The van der Waals surface area contributed by atoms with E-state index in [0.29, 0.717) is 0 Å². The zero-order valence-corrected chi connectivity index (χ0v) is 6.26. The molecule has 1 N–H and O–H groups in total. The Bertz CT molecular complexity index is 260. The van der Waals surface area contributed by atoms with Gasteiger partial charge < -0.3 is 5.11 Å². The molecule has 1 fully saturated rings. The fraction of sp³-hybridized carbons (Fsp3) is 0.667. The third kappa shape index (κ3) is 1.09. The molecule has 1 atom stereocenters. The van der Waals surface area contributed by atoms with Crippen molar-refractivity contribution < 1.29 is 18.3 Å². The molecule has 0 saturated carbocycles. The Kier molecular flexibility index (Phi) is 1.61. The van der Waals surface area contributed by atoms with Gasteiger partial charge in [-0.25, -0.2) is 0 Å². The lowest BCUT2D eigenvalue weighted by molar-refractivity contribution is -0.150. The lowest BCUT2D eigenvalue weighted by atomic mass is 10.2. The van der Waals surface area contributed by atoms with Gasteiger partial charge in [0.2, 0.25) is 5.91 Å². The number of carbonyl (C=O) groups excluding carboxylic acids is 1. The minimum Gasteiger partial charge on any atom is -0.372 e. The summed E-state index contributed by atoms with van der Waals surface area (Å²) in [5, 5.41) is 8.66. The van der Waals surface area contributed by atoms with Crippen molar-refractivity contribution in [2.75, 3.05) is 0 Å². The van der Waals surface area contributed by atoms with E-state index in [1.54, 1.807) is 0 Å². The van der Waals surface area contributed by atoms with Crippen LogP contribution in [0.1, 0.15) is 6.42 Å². The summed E-state index contributed by atoms with van der Waals surface area (Å²) in [6.07, 6.45) is -1.44. The molecule has 1 heterocycles. The van der Waals surface area contributed by atoms with Crippen LogP contribution in [0.25, 0.3) is 0 Å². The van der Waals surface area contributed by atoms with Gasteiger partial charge in [-0.05, 0) is 0 Å². The second-order valence-electron chi connectivity index (χ2n) is 1.82. The first kappa shape index (κ1) is 7.77. The van der Waals surface area contributed by atoms with E-state index in [2.05, 4.69) is 0 Å². The van der Waals surface area contributed by atoms with Crippen molar-refractivity contribution in [3.8, 4) is 0 Å². The summed E-state index contributed by atoms with van der Waals surface area (Å²) in [5.74, 6) is -0.678. The number of aliphatic hydroxyl groups excluding tert-OH is 1. The van der Waals surface area contributed by atoms with Gasteiger partial charge in [-0.1, -0.05) is 0 Å². The van der Waals surface area contributed by atoms with Gasteiger partial charge in [-0.2, -0.15) is 12.7 Å². The summed E-state index contributed by atoms with van der Waals surface area (Å²) >= 11 is 0. The van der Waals surface area contributed by atoms with Crippen molar-refractivity contribution in [2.24, 2.45) is 0 Å². The van der Waals surface area contributed by atoms with E-state index in [9.17, 15) is 13.2 Å². The monoisotopic (exact) mass is 185 g/mol. The maximum absolute atomic E-state index is 10.4. The van der Waals surface area contributed by atoms with Crippen LogP contribution in [0.2, 0.25) is 0 Å². The first-order valence-corrected chi connectivity index (χ1v) is 4.64. The molecule has 0 aromatic heterocycles. The van der Waals surface area contributed by atoms with Gasteiger partial charge >= 0.3 is 9.24 Å². The largest absolute Gasteiger partial charge is 0.372 e. The van der Waals surface area contributed by atoms with Gasteiger partial charge in [-0.3, -0.25) is 4.79 Å². The molecule has 10 heavy (non-hydrogen) atoms. The molecule has 5 nitrogen and oxygen atoms in total. The van der Waals surface area contributed by atoms with Crippen LogP contribution in [-0.2, 0) is 14.0 Å². The van der Waals surface area contributed by atoms with E-state index in [-0.39, 0.29) is 10.7 Å². The van der Waals surface area contributed by atoms with E-state index < -0.39 is 21.4 Å². The van der Waals surface area contributed by atoms with Gasteiger partial charge in [0.1, 0.15) is 0 Å². The van der Waals surface area contributed by atoms with Crippen LogP contribution in [0.5, 0.6) is 0 Å². The Hall–Kier alpha value is -0.330. The van der Waals surface area contributed by atoms with Crippen LogP contribution in [-0.4, -0.2) is 30.0 Å². The molecule has 0 bridgehead atoms. The molecular weight excluding hydrogens is 182 g/mol. The Morgan fingerprint density at radius 2 is 2.20 bits per heavy atom. The molecule has 1 aliphatic rings. The summed E-state index contributed by atoms with van der Waals surface area (Å²) in [6.45, 7) is 0. The molecule has 0 radical (unpaired) electrons. The molecule has 1 saturated heterocycles. The topological polar surface area (TPSA) is 74.7 Å². The van der Waals surface area contributed by atoms with Gasteiger partial charge in [0.15, 0.2) is 6.23 Å². The normalized spacial score (nSPS) is 26.4. The molecule has 0 aromatic carbocycles. The number of rotatable bonds is 1. The predicted molar refractivity (Wildman–Crippen MR) is 32.2 cm³/mol. The summed E-state index contributed by atoms with van der Waals surface area (Å²) < 4.78 is 20.9. The number of aliphatic hydroxyl groups is 1. The Morgan fingerprint density at radius 3 is 2.30 bits per heavy atom. The average Bonchev–Trinajstić information content (AvgIpc) is 1.58. The van der Waals surface area contributed by atoms with Crippen molar-refractivity contribution in [2.45, 2.75) is 12.6 Å². The van der Waals surface area contributed by atoms with Crippen LogP contribution >= 0.6 is 10.7 Å². The SMILES string of the molecule is O=C1C[C@@H](O)N1S(=O)(=O)Cl. The van der Waals surface area contributed by atoms with Gasteiger partial charge in [0.05, 0.1) is 6.42 Å². The molecule has 0 unspecified atom stereocenters. The third-order valence-corrected chi connectivity index (χ3v) is 2.47. The number of β-lactam (4-membered cyclic amide) rings is 1. The van der Waals surface area contributed by atoms with E-state index >= 15 is 0 Å². The van der Waals surface area contributed by atoms with E-state index in [0.717, 1.165) is 0 Å². The molecule has 1 aliphatic heterocycles. The summed E-state index contributed by atoms with van der Waals surface area (Å²) in [7, 11) is 0.684. The Labute approximate surface area is 61.7 Å². The quantitative estimate of drug-likeness (QED) is 0.421. The van der Waals surface area contributed by atoms with Crippen molar-refractivity contribution in [3.05, 3.63) is 0 Å². The molecule has 1 rings (SSSR count). The first-order chi connectivity index (χ1) is 4.43. The third-order valence-electron chi connectivity index (χ3n) is 1.11. The van der Waals surface area contributed by atoms with E-state index in [1.165, 1.54) is 0 Å². The molecular formula is C3H4ClNO4S. The average molecular weight is 186 g/mol. The second kappa shape index (κ2) is 2.08. The van der Waals surface area contributed by atoms with Crippen LogP contribution in [0.4, 0.5) is 0 Å². The smallest absolute Gasteiger partial charge is 0.326 e. The maximum Gasteiger partial charge on any atom is 0.326 e. The standard InChI is InChI=1S/C3H4ClNO4S/c4-10(8,9)5-2(6)1-3(5)7/h2,6H,1H2/t2-/m1/s1. The number of halogens is 1. The number of nitrogens with zero attached hydrogens (tertiary/aromatic N) is 1. The van der Waals surface area contributed by atoms with E-state index in [1.807, 2.05) is 0 Å². The van der Waals surface area contributed by atoms with Crippen LogP contribution in [0.15, 0.2) is 0 Å². The lowest BCUT2D eigenvalue weighted by Crippen LogP contribution is -2.53. The van der Waals surface area contributed by atoms with Crippen molar-refractivity contribution >= 4 is 25.8 Å². The van der Waals surface area contributed by atoms with Crippen LogP contribution in [0.3, 0.4) is 0 Å². The second-order valence-corrected chi connectivity index (χ2v) is 4.20. The van der Waals surface area contributed by atoms with Crippen LogP contribution in [0, 0.1) is 0 Å². The van der Waals surface area contributed by atoms with Crippen molar-refractivity contribution in [1.29, 1.82) is 0 Å². The highest BCUT2D eigenvalue weighted by Gasteiger charge is 2.42. The Balaban J connectivity index is 2.84. The number of carbonyl (C=O) groups is 1. The summed E-state index contributed by atoms with van der Waals surface area (Å²) in [6, 6.07) is 0. The lowest BCUT2D eigenvalue weighted by Gasteiger charge is -2.32. The highest BCUT2D eigenvalue weighted by Crippen LogP contribution is 2.22. The minimum absolute atomic E-state index is 0.175. The number of hydrogen-bond acceptors (Lipinski definition) is 4. The van der Waals surface area contributed by atoms with Crippen molar-refractivity contribution in [3.63, 3.8) is 0 Å². The van der Waals surface area contributed by atoms with Crippen LogP contribution < -0.4 is 0 Å². The van der Waals surface area contributed by atoms with Gasteiger partial charge in [-0.15, -0.1) is 0 Å². The number of amides is 1. The summed E-state index contributed by atoms with van der Waals surface area (Å²) in [4.78, 5) is 10.4. The zero-order valence-electron chi connectivity index (χ0n) is 4.69. The number of hydrogen-bond donors (Lipinski definition) is 1. The van der Waals surface area contributed by atoms with Gasteiger partial charge in [0, 0.05) is 10.7 Å². The molecule has 0 aromatic rings. The predicted octanol–water partition coefficient (Wildman–Crippen LogP) is -0.979. The fourth-order valence-electron chi connectivity index (χ4n) is 0.650. The molecule has 58 valence electrons. The molecule has 7 heteroatoms. The van der Waals surface area contributed by atoms with Gasteiger partial charge in [0.25, 0.3) is 0 Å². The maximum atomic E-state index is 10.4. The van der Waals surface area contributed by atoms with Crippen molar-refractivity contribution in [1.82, 2.24) is 4.31 Å². The fourth-order valence-corrected chi connectivity index (χ4v) is 1.84. The first-order valence-electron chi connectivity index (χ1n) is 2.38. The zero-order chi connectivity index (χ0) is 7.94.